The van der Waals surface area contributed by atoms with Crippen molar-refractivity contribution in [1.29, 1.82) is 0 Å². The van der Waals surface area contributed by atoms with Crippen molar-refractivity contribution < 1.29 is 14.3 Å². The second kappa shape index (κ2) is 10.4. The number of rotatable bonds is 10. The number of ether oxygens (including phenoxy) is 2. The molecule has 30 heavy (non-hydrogen) atoms. The normalized spacial score (nSPS) is 13.6. The Morgan fingerprint density at radius 2 is 2.13 bits per heavy atom. The summed E-state index contributed by atoms with van der Waals surface area (Å²) in [5.74, 6) is 1.28. The summed E-state index contributed by atoms with van der Waals surface area (Å²) in [6.45, 7) is 9.47. The molecule has 1 saturated heterocycles. The van der Waals surface area contributed by atoms with Crippen molar-refractivity contribution in [2.45, 2.75) is 20.8 Å². The minimum absolute atomic E-state index is 0.236. The highest BCUT2D eigenvalue weighted by atomic mass is 16.6. The van der Waals surface area contributed by atoms with Crippen LogP contribution in [0, 0.1) is 6.92 Å². The zero-order valence-electron chi connectivity index (χ0n) is 17.7. The summed E-state index contributed by atoms with van der Waals surface area (Å²) in [5, 5.41) is 4.29. The van der Waals surface area contributed by atoms with E-state index in [1.54, 1.807) is 11.1 Å². The highest BCUT2D eigenvalue weighted by Crippen LogP contribution is 2.19. The average Bonchev–Trinajstić information content (AvgIpc) is 3.14. The summed E-state index contributed by atoms with van der Waals surface area (Å²) < 4.78 is 10.6. The van der Waals surface area contributed by atoms with Crippen molar-refractivity contribution in [3.8, 4) is 6.01 Å². The van der Waals surface area contributed by atoms with Gasteiger partial charge in [0.25, 0.3) is 0 Å². The lowest BCUT2D eigenvalue weighted by atomic mass is 10.2. The molecule has 1 aliphatic heterocycles. The Labute approximate surface area is 176 Å². The fourth-order valence-corrected chi connectivity index (χ4v) is 3.04. The SMILES string of the molecule is CCN(CC)c1cc(N/N=C/c2cccc(C)c2)nc(OCCN2CCOC2=O)n1. The molecule has 0 aliphatic carbocycles. The molecule has 0 atom stereocenters. The molecule has 1 N–H and O–H groups in total. The molecule has 2 aromatic rings. The Bertz CT molecular complexity index is 885. The maximum atomic E-state index is 11.5. The van der Waals surface area contributed by atoms with Crippen LogP contribution >= 0.6 is 0 Å². The van der Waals surface area contributed by atoms with Gasteiger partial charge in [-0.2, -0.15) is 15.1 Å². The molecule has 3 rings (SSSR count). The lowest BCUT2D eigenvalue weighted by Gasteiger charge is -2.21. The van der Waals surface area contributed by atoms with Crippen LogP contribution in [-0.2, 0) is 4.74 Å². The third-order valence-electron chi connectivity index (χ3n) is 4.65. The fourth-order valence-electron chi connectivity index (χ4n) is 3.04. The Kier molecular flexibility index (Phi) is 7.42. The number of nitrogens with zero attached hydrogens (tertiary/aromatic N) is 5. The van der Waals surface area contributed by atoms with Gasteiger partial charge in [-0.15, -0.1) is 0 Å². The molecule has 0 saturated carbocycles. The summed E-state index contributed by atoms with van der Waals surface area (Å²) in [4.78, 5) is 24.1. The maximum Gasteiger partial charge on any atom is 0.410 e. The van der Waals surface area contributed by atoms with Crippen LogP contribution in [0.4, 0.5) is 16.4 Å². The largest absolute Gasteiger partial charge is 0.461 e. The quantitative estimate of drug-likeness (QED) is 0.474. The molecule has 0 unspecified atom stereocenters. The number of hydrogen-bond donors (Lipinski definition) is 1. The number of amides is 1. The van der Waals surface area contributed by atoms with Crippen LogP contribution in [0.25, 0.3) is 0 Å². The lowest BCUT2D eigenvalue weighted by Crippen LogP contribution is -2.29. The molecular weight excluding hydrogens is 384 g/mol. The maximum absolute atomic E-state index is 11.5. The summed E-state index contributed by atoms with van der Waals surface area (Å²) >= 11 is 0. The van der Waals surface area contributed by atoms with Crippen LogP contribution in [0.1, 0.15) is 25.0 Å². The lowest BCUT2D eigenvalue weighted by molar-refractivity contribution is 0.152. The Balaban J connectivity index is 1.69. The number of carbonyl (C=O) groups is 1. The van der Waals surface area contributed by atoms with Crippen LogP contribution in [0.5, 0.6) is 6.01 Å². The van der Waals surface area contributed by atoms with E-state index in [1.165, 1.54) is 5.56 Å². The standard InChI is InChI=1S/C21H28N6O3/c1-4-26(5-2)19-14-18(25-22-15-17-8-6-7-16(3)13-17)23-20(24-19)29-11-9-27-10-12-30-21(27)28/h6-8,13-15H,4-5,9-12H2,1-3H3,(H,23,24,25)/b22-15+. The third-order valence-corrected chi connectivity index (χ3v) is 4.65. The fraction of sp³-hybridized carbons (Fsp3) is 0.429. The Hall–Kier alpha value is -3.36. The zero-order valence-corrected chi connectivity index (χ0v) is 17.7. The molecular formula is C21H28N6O3. The average molecular weight is 412 g/mol. The summed E-state index contributed by atoms with van der Waals surface area (Å²) in [7, 11) is 0. The van der Waals surface area contributed by atoms with Gasteiger partial charge >= 0.3 is 12.1 Å². The number of benzene rings is 1. The first kappa shape index (κ1) is 21.4. The predicted octanol–water partition coefficient (Wildman–Crippen LogP) is 2.91. The highest BCUT2D eigenvalue weighted by Gasteiger charge is 2.21. The van der Waals surface area contributed by atoms with E-state index in [9.17, 15) is 4.79 Å². The molecule has 1 aliphatic rings. The van der Waals surface area contributed by atoms with Crippen molar-refractivity contribution in [2.75, 3.05) is 49.7 Å². The summed E-state index contributed by atoms with van der Waals surface area (Å²) in [6.07, 6.45) is 1.43. The minimum Gasteiger partial charge on any atom is -0.461 e. The van der Waals surface area contributed by atoms with Crippen LogP contribution < -0.4 is 15.1 Å². The molecule has 0 spiro atoms. The number of carbonyl (C=O) groups excluding carboxylic acids is 1. The van der Waals surface area contributed by atoms with Gasteiger partial charge in [0.05, 0.1) is 19.3 Å². The monoisotopic (exact) mass is 412 g/mol. The van der Waals surface area contributed by atoms with Gasteiger partial charge in [0.2, 0.25) is 0 Å². The summed E-state index contributed by atoms with van der Waals surface area (Å²) in [6, 6.07) is 10.1. The van der Waals surface area contributed by atoms with Gasteiger partial charge in [0.15, 0.2) is 5.82 Å². The predicted molar refractivity (Wildman–Crippen MR) is 116 cm³/mol. The van der Waals surface area contributed by atoms with Gasteiger partial charge in [-0.3, -0.25) is 5.43 Å². The second-order valence-electron chi connectivity index (χ2n) is 6.80. The van der Waals surface area contributed by atoms with E-state index in [2.05, 4.69) is 39.2 Å². The summed E-state index contributed by atoms with van der Waals surface area (Å²) in [5.41, 5.74) is 5.13. The topological polar surface area (TPSA) is 92.2 Å². The van der Waals surface area contributed by atoms with E-state index >= 15 is 0 Å². The van der Waals surface area contributed by atoms with Gasteiger partial charge in [0.1, 0.15) is 19.0 Å². The van der Waals surface area contributed by atoms with Gasteiger partial charge in [-0.05, 0) is 26.3 Å². The van der Waals surface area contributed by atoms with Gasteiger partial charge in [0, 0.05) is 19.2 Å². The van der Waals surface area contributed by atoms with Crippen LogP contribution in [0.2, 0.25) is 0 Å². The molecule has 0 bridgehead atoms. The first-order valence-corrected chi connectivity index (χ1v) is 10.1. The number of nitrogens with one attached hydrogen (secondary N) is 1. The van der Waals surface area contributed by atoms with Crippen LogP contribution in [0.15, 0.2) is 35.4 Å². The van der Waals surface area contributed by atoms with E-state index in [4.69, 9.17) is 9.47 Å². The molecule has 1 amide bonds. The molecule has 160 valence electrons. The number of aryl methyl sites for hydroxylation is 1. The van der Waals surface area contributed by atoms with Crippen LogP contribution in [-0.4, -0.2) is 66.6 Å². The second-order valence-corrected chi connectivity index (χ2v) is 6.80. The first-order chi connectivity index (χ1) is 14.6. The zero-order chi connectivity index (χ0) is 21.3. The molecule has 9 heteroatoms. The van der Waals surface area contributed by atoms with E-state index in [0.29, 0.717) is 25.5 Å². The molecule has 9 nitrogen and oxygen atoms in total. The first-order valence-electron chi connectivity index (χ1n) is 10.1. The third kappa shape index (κ3) is 5.82. The number of hydrogen-bond acceptors (Lipinski definition) is 8. The van der Waals surface area contributed by atoms with Gasteiger partial charge in [-0.25, -0.2) is 4.79 Å². The number of anilines is 2. The van der Waals surface area contributed by atoms with Gasteiger partial charge in [-0.1, -0.05) is 29.8 Å². The number of aromatic nitrogens is 2. The van der Waals surface area contributed by atoms with Crippen molar-refractivity contribution >= 4 is 23.9 Å². The smallest absolute Gasteiger partial charge is 0.410 e. The molecule has 2 heterocycles. The molecule has 0 radical (unpaired) electrons. The molecule has 1 aromatic carbocycles. The Morgan fingerprint density at radius 1 is 1.30 bits per heavy atom. The van der Waals surface area contributed by atoms with Crippen LogP contribution in [0.3, 0.4) is 0 Å². The van der Waals surface area contributed by atoms with E-state index in [1.807, 2.05) is 37.3 Å². The minimum atomic E-state index is -0.316. The Morgan fingerprint density at radius 3 is 2.83 bits per heavy atom. The van der Waals surface area contributed by atoms with E-state index in [-0.39, 0.29) is 18.7 Å². The molecule has 1 fully saturated rings. The molecule has 1 aromatic heterocycles. The van der Waals surface area contributed by atoms with E-state index in [0.717, 1.165) is 24.5 Å². The van der Waals surface area contributed by atoms with Crippen molar-refractivity contribution in [2.24, 2.45) is 5.10 Å². The van der Waals surface area contributed by atoms with Crippen molar-refractivity contribution in [3.63, 3.8) is 0 Å². The number of hydrazone groups is 1. The highest BCUT2D eigenvalue weighted by molar-refractivity contribution is 5.80. The number of cyclic esters (lactones) is 1. The van der Waals surface area contributed by atoms with Gasteiger partial charge < -0.3 is 19.3 Å². The van der Waals surface area contributed by atoms with Crippen molar-refractivity contribution in [3.05, 3.63) is 41.5 Å². The van der Waals surface area contributed by atoms with E-state index < -0.39 is 0 Å². The van der Waals surface area contributed by atoms with Crippen molar-refractivity contribution in [1.82, 2.24) is 14.9 Å².